The van der Waals surface area contributed by atoms with E-state index >= 15 is 0 Å². The maximum absolute atomic E-state index is 12.4. The third-order valence-electron chi connectivity index (χ3n) is 5.70. The zero-order valence-corrected chi connectivity index (χ0v) is 17.2. The minimum atomic E-state index is -0.799. The van der Waals surface area contributed by atoms with Gasteiger partial charge in [0.25, 0.3) is 0 Å². The van der Waals surface area contributed by atoms with E-state index in [1.165, 1.54) is 0 Å². The quantitative estimate of drug-likeness (QED) is 0.392. The summed E-state index contributed by atoms with van der Waals surface area (Å²) in [6, 6.07) is 10.0. The maximum Gasteiger partial charge on any atom is 0.303 e. The molecule has 0 amide bonds. The van der Waals surface area contributed by atoms with E-state index in [2.05, 4.69) is 0 Å². The third kappa shape index (κ3) is 5.75. The maximum atomic E-state index is 12.4. The van der Waals surface area contributed by atoms with Gasteiger partial charge >= 0.3 is 5.97 Å². The molecule has 6 heteroatoms. The van der Waals surface area contributed by atoms with Crippen molar-refractivity contribution in [2.45, 2.75) is 57.2 Å². The number of unbranched alkanes of at least 4 members (excludes halogenated alkanes) is 1. The predicted octanol–water partition coefficient (Wildman–Crippen LogP) is 4.48. The molecule has 1 saturated carbocycles. The molecule has 0 unspecified atom stereocenters. The number of Topliss-reactive ketones (excluding diaryl/α,β-unsaturated/α-hetero) is 1. The molecule has 2 aromatic rings. The average Bonchev–Trinajstić information content (AvgIpc) is 3.23. The Morgan fingerprint density at radius 1 is 1.28 bits per heavy atom. The molecule has 1 aromatic heterocycles. The number of hydrogen-bond acceptors (Lipinski definition) is 5. The second kappa shape index (κ2) is 10.1. The lowest BCUT2D eigenvalue weighted by atomic mass is 9.86. The van der Waals surface area contributed by atoms with E-state index in [0.29, 0.717) is 32.1 Å². The van der Waals surface area contributed by atoms with Crippen molar-refractivity contribution in [3.8, 4) is 0 Å². The summed E-state index contributed by atoms with van der Waals surface area (Å²) in [6.07, 6.45) is 5.88. The fourth-order valence-corrected chi connectivity index (χ4v) is 5.19. The molecule has 29 heavy (non-hydrogen) atoms. The number of thiophene rings is 1. The van der Waals surface area contributed by atoms with Crippen molar-refractivity contribution in [1.29, 1.82) is 0 Å². The molecule has 0 bridgehead atoms. The first-order valence-corrected chi connectivity index (χ1v) is 11.0. The van der Waals surface area contributed by atoms with Crippen molar-refractivity contribution in [3.63, 3.8) is 0 Å². The number of carboxylic acid groups (broad SMARTS) is 1. The van der Waals surface area contributed by atoms with Gasteiger partial charge in [0.05, 0.1) is 12.2 Å². The Morgan fingerprint density at radius 2 is 2.07 bits per heavy atom. The van der Waals surface area contributed by atoms with Gasteiger partial charge in [-0.25, -0.2) is 0 Å². The molecule has 3 rings (SSSR count). The highest BCUT2D eigenvalue weighted by molar-refractivity contribution is 7.19. The Balaban J connectivity index is 1.53. The topological polar surface area (TPSA) is 94.8 Å². The molecule has 1 aliphatic carbocycles. The Kier molecular flexibility index (Phi) is 7.58. The first kappa shape index (κ1) is 21.7. The van der Waals surface area contributed by atoms with Crippen LogP contribution in [0.4, 0.5) is 0 Å². The van der Waals surface area contributed by atoms with Crippen LogP contribution in [0.3, 0.4) is 0 Å². The van der Waals surface area contributed by atoms with Crippen LogP contribution >= 0.6 is 11.3 Å². The van der Waals surface area contributed by atoms with Crippen LogP contribution in [0.25, 0.3) is 10.1 Å². The summed E-state index contributed by atoms with van der Waals surface area (Å²) in [7, 11) is 0. The van der Waals surface area contributed by atoms with Gasteiger partial charge in [0.1, 0.15) is 5.78 Å². The summed E-state index contributed by atoms with van der Waals surface area (Å²) in [5.74, 6) is -1.09. The van der Waals surface area contributed by atoms with Crippen molar-refractivity contribution < 1.29 is 24.9 Å². The Hall–Kier alpha value is -2.02. The number of allylic oxidation sites excluding steroid dienone is 2. The van der Waals surface area contributed by atoms with E-state index in [4.69, 9.17) is 5.11 Å². The lowest BCUT2D eigenvalue weighted by Gasteiger charge is -2.20. The Labute approximate surface area is 174 Å². The second-order valence-electron chi connectivity index (χ2n) is 7.78. The molecule has 0 radical (unpaired) electrons. The summed E-state index contributed by atoms with van der Waals surface area (Å²) in [5, 5.41) is 30.7. The van der Waals surface area contributed by atoms with Gasteiger partial charge in [0.2, 0.25) is 0 Å². The Morgan fingerprint density at radius 3 is 2.83 bits per heavy atom. The number of aliphatic hydroxyl groups is 2. The summed E-state index contributed by atoms with van der Waals surface area (Å²) >= 11 is 1.58. The standard InChI is InChI=1S/C23H28O5S/c24-18(22-13-15-7-5-6-9-21(15)29-22)12-11-17-16(19(25)14-20(17)26)8-3-1-2-4-10-23(27)28/h1,3,5-7,9,13,16-19,24-25H,2,4,8,10-12,14H2,(H,27,28)/t16-,17-,18-,19+/m1/s1. The fraction of sp³-hybridized carbons (Fsp3) is 0.478. The molecule has 156 valence electrons. The number of ketones is 1. The highest BCUT2D eigenvalue weighted by Gasteiger charge is 2.40. The molecular weight excluding hydrogens is 388 g/mol. The third-order valence-corrected chi connectivity index (χ3v) is 6.91. The van der Waals surface area contributed by atoms with E-state index in [0.717, 1.165) is 15.0 Å². The second-order valence-corrected chi connectivity index (χ2v) is 8.90. The predicted molar refractivity (Wildman–Crippen MR) is 114 cm³/mol. The number of aliphatic carboxylic acids is 1. The van der Waals surface area contributed by atoms with Gasteiger partial charge in [-0.1, -0.05) is 30.4 Å². The minimum Gasteiger partial charge on any atom is -0.481 e. The molecule has 3 N–H and O–H groups in total. The molecule has 1 aromatic carbocycles. The van der Waals surface area contributed by atoms with Crippen molar-refractivity contribution in [2.24, 2.45) is 11.8 Å². The molecular formula is C23H28O5S. The van der Waals surface area contributed by atoms with E-state index in [1.54, 1.807) is 11.3 Å². The van der Waals surface area contributed by atoms with Gasteiger partial charge < -0.3 is 15.3 Å². The largest absolute Gasteiger partial charge is 0.481 e. The van der Waals surface area contributed by atoms with Gasteiger partial charge in [-0.15, -0.1) is 11.3 Å². The van der Waals surface area contributed by atoms with Gasteiger partial charge in [0, 0.05) is 28.3 Å². The van der Waals surface area contributed by atoms with Crippen LogP contribution in [-0.2, 0) is 9.59 Å². The number of carboxylic acids is 1. The van der Waals surface area contributed by atoms with Crippen LogP contribution in [0.15, 0.2) is 42.5 Å². The van der Waals surface area contributed by atoms with Crippen LogP contribution < -0.4 is 0 Å². The zero-order chi connectivity index (χ0) is 20.8. The van der Waals surface area contributed by atoms with E-state index in [9.17, 15) is 19.8 Å². The van der Waals surface area contributed by atoms with Crippen LogP contribution in [0, 0.1) is 11.8 Å². The van der Waals surface area contributed by atoms with Gasteiger partial charge in [-0.2, -0.15) is 0 Å². The number of hydrogen-bond donors (Lipinski definition) is 3. The molecule has 1 fully saturated rings. The number of aliphatic hydroxyl groups excluding tert-OH is 2. The number of carbonyl (C=O) groups excluding carboxylic acids is 1. The van der Waals surface area contributed by atoms with Crippen molar-refractivity contribution >= 4 is 33.2 Å². The number of benzene rings is 1. The number of carbonyl (C=O) groups is 2. The summed E-state index contributed by atoms with van der Waals surface area (Å²) in [5.41, 5.74) is 0. The lowest BCUT2D eigenvalue weighted by molar-refractivity contribution is -0.137. The molecule has 4 atom stereocenters. The lowest BCUT2D eigenvalue weighted by Crippen LogP contribution is -2.20. The van der Waals surface area contributed by atoms with Crippen molar-refractivity contribution in [3.05, 3.63) is 47.4 Å². The van der Waals surface area contributed by atoms with E-state index in [-0.39, 0.29) is 30.5 Å². The summed E-state index contributed by atoms with van der Waals surface area (Å²) in [6.45, 7) is 0. The fourth-order valence-electron chi connectivity index (χ4n) is 4.10. The van der Waals surface area contributed by atoms with Crippen molar-refractivity contribution in [1.82, 2.24) is 0 Å². The molecule has 5 nitrogen and oxygen atoms in total. The van der Waals surface area contributed by atoms with Crippen LogP contribution in [0.1, 0.15) is 55.9 Å². The Bertz CT molecular complexity index is 838. The first-order valence-electron chi connectivity index (χ1n) is 10.2. The summed E-state index contributed by atoms with van der Waals surface area (Å²) in [4.78, 5) is 23.8. The van der Waals surface area contributed by atoms with Crippen LogP contribution in [0.2, 0.25) is 0 Å². The highest BCUT2D eigenvalue weighted by atomic mass is 32.1. The monoisotopic (exact) mass is 416 g/mol. The molecule has 1 aliphatic rings. The number of rotatable bonds is 10. The van der Waals surface area contributed by atoms with Gasteiger partial charge in [0.15, 0.2) is 0 Å². The van der Waals surface area contributed by atoms with Crippen LogP contribution in [0.5, 0.6) is 0 Å². The smallest absolute Gasteiger partial charge is 0.303 e. The summed E-state index contributed by atoms with van der Waals surface area (Å²) < 4.78 is 1.14. The van der Waals surface area contributed by atoms with E-state index in [1.807, 2.05) is 42.5 Å². The number of fused-ring (bicyclic) bond motifs is 1. The van der Waals surface area contributed by atoms with Crippen LogP contribution in [-0.4, -0.2) is 33.2 Å². The molecule has 0 saturated heterocycles. The minimum absolute atomic E-state index is 0.0744. The molecule has 0 aliphatic heterocycles. The average molecular weight is 417 g/mol. The normalized spacial score (nSPS) is 23.2. The SMILES string of the molecule is O=C(O)CCCC=CC[C@H]1[C@@H](O)CC(=O)[C@@H]1CC[C@@H](O)c1cc2ccccc2s1. The van der Waals surface area contributed by atoms with Gasteiger partial charge in [-0.05, 0) is 55.5 Å². The molecule has 1 heterocycles. The highest BCUT2D eigenvalue weighted by Crippen LogP contribution is 2.38. The molecule has 0 spiro atoms. The zero-order valence-electron chi connectivity index (χ0n) is 16.4. The van der Waals surface area contributed by atoms with Crippen molar-refractivity contribution in [2.75, 3.05) is 0 Å². The van der Waals surface area contributed by atoms with Gasteiger partial charge in [-0.3, -0.25) is 9.59 Å². The van der Waals surface area contributed by atoms with E-state index < -0.39 is 18.2 Å². The first-order chi connectivity index (χ1) is 14.0.